The summed E-state index contributed by atoms with van der Waals surface area (Å²) in [6.07, 6.45) is -9.78. The average molecular weight is 411 g/mol. The van der Waals surface area contributed by atoms with Gasteiger partial charge in [-0.2, -0.15) is 26.3 Å². The van der Waals surface area contributed by atoms with E-state index in [9.17, 15) is 35.9 Å². The van der Waals surface area contributed by atoms with Gasteiger partial charge in [0.1, 0.15) is 0 Å². The van der Waals surface area contributed by atoms with Gasteiger partial charge in [-0.15, -0.1) is 0 Å². The Morgan fingerprint density at radius 2 is 1.56 bits per heavy atom. The molecule has 0 bridgehead atoms. The Labute approximate surface area is 153 Å². The predicted molar refractivity (Wildman–Crippen MR) is 85.5 cm³/mol. The predicted octanol–water partition coefficient (Wildman–Crippen LogP) is 5.11. The van der Waals surface area contributed by atoms with Crippen molar-refractivity contribution in [1.29, 1.82) is 0 Å². The topological polar surface area (TPSA) is 58.2 Å². The van der Waals surface area contributed by atoms with Crippen LogP contribution in [0, 0.1) is 0 Å². The van der Waals surface area contributed by atoms with Gasteiger partial charge in [0.2, 0.25) is 0 Å². The monoisotopic (exact) mass is 410 g/mol. The summed E-state index contributed by atoms with van der Waals surface area (Å²) >= 11 is 5.76. The number of rotatable bonds is 3. The van der Waals surface area contributed by atoms with Gasteiger partial charge in [-0.1, -0.05) is 17.7 Å². The number of alkyl halides is 6. The number of anilines is 2. The molecule has 27 heavy (non-hydrogen) atoms. The van der Waals surface area contributed by atoms with E-state index in [1.807, 2.05) is 0 Å². The average Bonchev–Trinajstić information content (AvgIpc) is 2.55. The van der Waals surface area contributed by atoms with Crippen LogP contribution in [0.25, 0.3) is 0 Å². The lowest BCUT2D eigenvalue weighted by molar-refractivity contribution is -0.167. The molecule has 0 aromatic heterocycles. The van der Waals surface area contributed by atoms with Crippen LogP contribution >= 0.6 is 11.6 Å². The molecule has 2 N–H and O–H groups in total. The first-order chi connectivity index (χ1) is 12.4. The minimum atomic E-state index is -5.12. The lowest BCUT2D eigenvalue weighted by Gasteiger charge is -2.12. The zero-order chi connectivity index (χ0) is 20.4. The van der Waals surface area contributed by atoms with Crippen molar-refractivity contribution in [2.24, 2.45) is 0 Å². The summed E-state index contributed by atoms with van der Waals surface area (Å²) in [4.78, 5) is 23.1. The SMILES string of the molecule is O=C(Nc1cc(C(F)(F)F)ccc1Cl)c1cccc(NC(=O)C(F)(F)F)c1. The van der Waals surface area contributed by atoms with Crippen molar-refractivity contribution in [3.05, 3.63) is 58.6 Å². The minimum absolute atomic E-state index is 0.169. The molecule has 0 unspecified atom stereocenters. The van der Waals surface area contributed by atoms with Gasteiger partial charge < -0.3 is 10.6 Å². The van der Waals surface area contributed by atoms with Crippen molar-refractivity contribution in [1.82, 2.24) is 0 Å². The molecule has 0 aliphatic heterocycles. The zero-order valence-electron chi connectivity index (χ0n) is 13.0. The quantitative estimate of drug-likeness (QED) is 0.691. The maximum Gasteiger partial charge on any atom is 0.471 e. The Kier molecular flexibility index (Phi) is 5.69. The molecule has 0 atom stereocenters. The number of amides is 2. The largest absolute Gasteiger partial charge is 0.471 e. The highest BCUT2D eigenvalue weighted by molar-refractivity contribution is 6.34. The number of nitrogens with one attached hydrogen (secondary N) is 2. The van der Waals surface area contributed by atoms with Crippen LogP contribution < -0.4 is 10.6 Å². The lowest BCUT2D eigenvalue weighted by atomic mass is 10.1. The van der Waals surface area contributed by atoms with E-state index in [1.54, 1.807) is 5.32 Å². The second-order valence-electron chi connectivity index (χ2n) is 5.18. The molecule has 2 aromatic rings. The van der Waals surface area contributed by atoms with Crippen molar-refractivity contribution in [3.8, 4) is 0 Å². The van der Waals surface area contributed by atoms with Gasteiger partial charge in [0.05, 0.1) is 16.3 Å². The summed E-state index contributed by atoms with van der Waals surface area (Å²) in [5, 5.41) is 3.54. The molecule has 0 saturated carbocycles. The third kappa shape index (κ3) is 5.36. The second-order valence-corrected chi connectivity index (χ2v) is 5.59. The first-order valence-electron chi connectivity index (χ1n) is 7.04. The number of hydrogen-bond acceptors (Lipinski definition) is 2. The Hall–Kier alpha value is -2.75. The summed E-state index contributed by atoms with van der Waals surface area (Å²) in [5.41, 5.74) is -1.90. The molecule has 0 fully saturated rings. The molecule has 0 heterocycles. The van der Waals surface area contributed by atoms with E-state index in [0.29, 0.717) is 6.07 Å². The molecule has 11 heteroatoms. The molecule has 2 rings (SSSR count). The van der Waals surface area contributed by atoms with E-state index < -0.39 is 29.7 Å². The van der Waals surface area contributed by atoms with Crippen LogP contribution in [0.4, 0.5) is 37.7 Å². The summed E-state index contributed by atoms with van der Waals surface area (Å²) in [6, 6.07) is 6.72. The third-order valence-electron chi connectivity index (χ3n) is 3.18. The van der Waals surface area contributed by atoms with E-state index in [0.717, 1.165) is 24.3 Å². The fraction of sp³-hybridized carbons (Fsp3) is 0.125. The lowest BCUT2D eigenvalue weighted by Crippen LogP contribution is -2.30. The standard InChI is InChI=1S/C16H9ClF6N2O2/c17-11-5-4-9(15(18,19)20)7-12(11)25-13(26)8-2-1-3-10(6-8)24-14(27)16(21,22)23/h1-7H,(H,24,27)(H,25,26). The maximum absolute atomic E-state index is 12.7. The fourth-order valence-corrected chi connectivity index (χ4v) is 2.10. The molecule has 144 valence electrons. The highest BCUT2D eigenvalue weighted by Gasteiger charge is 2.38. The number of benzene rings is 2. The Morgan fingerprint density at radius 3 is 2.15 bits per heavy atom. The first-order valence-corrected chi connectivity index (χ1v) is 7.42. The Morgan fingerprint density at radius 1 is 0.889 bits per heavy atom. The molecule has 2 aromatic carbocycles. The van der Waals surface area contributed by atoms with Crippen LogP contribution in [-0.2, 0) is 11.0 Å². The summed E-state index contributed by atoms with van der Waals surface area (Å²) in [7, 11) is 0. The first kappa shape index (κ1) is 20.6. The van der Waals surface area contributed by atoms with E-state index in [2.05, 4.69) is 5.32 Å². The third-order valence-corrected chi connectivity index (χ3v) is 3.51. The molecule has 2 amide bonds. The number of halogens is 7. The van der Waals surface area contributed by atoms with E-state index in [4.69, 9.17) is 11.6 Å². The van der Waals surface area contributed by atoms with Crippen molar-refractivity contribution >= 4 is 34.8 Å². The molecule has 0 spiro atoms. The van der Waals surface area contributed by atoms with Gasteiger partial charge in [0, 0.05) is 11.3 Å². The highest BCUT2D eigenvalue weighted by atomic mass is 35.5. The van der Waals surface area contributed by atoms with Crippen LogP contribution in [0.15, 0.2) is 42.5 Å². The smallest absolute Gasteiger partial charge is 0.321 e. The maximum atomic E-state index is 12.7. The molecule has 0 aliphatic carbocycles. The molecule has 0 aliphatic rings. The summed E-state index contributed by atoms with van der Waals surface area (Å²) in [6.45, 7) is 0. The Bertz CT molecular complexity index is 880. The number of carbonyl (C=O) groups is 2. The summed E-state index contributed by atoms with van der Waals surface area (Å²) < 4.78 is 75.0. The van der Waals surface area contributed by atoms with Crippen LogP contribution in [0.3, 0.4) is 0 Å². The van der Waals surface area contributed by atoms with Gasteiger partial charge in [-0.25, -0.2) is 0 Å². The summed E-state index contributed by atoms with van der Waals surface area (Å²) in [5.74, 6) is -3.17. The minimum Gasteiger partial charge on any atom is -0.321 e. The van der Waals surface area contributed by atoms with Crippen LogP contribution in [0.5, 0.6) is 0 Å². The van der Waals surface area contributed by atoms with E-state index >= 15 is 0 Å². The fourth-order valence-electron chi connectivity index (χ4n) is 1.93. The van der Waals surface area contributed by atoms with Crippen molar-refractivity contribution in [3.63, 3.8) is 0 Å². The van der Waals surface area contributed by atoms with Crippen molar-refractivity contribution in [2.75, 3.05) is 10.6 Å². The van der Waals surface area contributed by atoms with Crippen molar-refractivity contribution < 1.29 is 35.9 Å². The molecule has 4 nitrogen and oxygen atoms in total. The zero-order valence-corrected chi connectivity index (χ0v) is 13.8. The highest BCUT2D eigenvalue weighted by Crippen LogP contribution is 2.34. The van der Waals surface area contributed by atoms with Gasteiger partial charge >= 0.3 is 18.3 Å². The van der Waals surface area contributed by atoms with Gasteiger partial charge in [-0.3, -0.25) is 9.59 Å². The van der Waals surface area contributed by atoms with Crippen LogP contribution in [-0.4, -0.2) is 18.0 Å². The molecular weight excluding hydrogens is 402 g/mol. The van der Waals surface area contributed by atoms with E-state index in [-0.39, 0.29) is 22.0 Å². The number of hydrogen-bond donors (Lipinski definition) is 2. The normalized spacial score (nSPS) is 11.8. The van der Waals surface area contributed by atoms with Gasteiger partial charge in [0.15, 0.2) is 0 Å². The molecule has 0 radical (unpaired) electrons. The molecule has 0 saturated heterocycles. The Balaban J connectivity index is 2.22. The second kappa shape index (κ2) is 7.47. The van der Waals surface area contributed by atoms with Crippen LogP contribution in [0.1, 0.15) is 15.9 Å². The van der Waals surface area contributed by atoms with Crippen LogP contribution in [0.2, 0.25) is 5.02 Å². The molecular formula is C16H9ClF6N2O2. The van der Waals surface area contributed by atoms with Gasteiger partial charge in [0.25, 0.3) is 5.91 Å². The number of carbonyl (C=O) groups excluding carboxylic acids is 2. The van der Waals surface area contributed by atoms with Gasteiger partial charge in [-0.05, 0) is 36.4 Å². The van der Waals surface area contributed by atoms with E-state index in [1.165, 1.54) is 12.1 Å². The van der Waals surface area contributed by atoms with Crippen molar-refractivity contribution in [2.45, 2.75) is 12.4 Å².